The van der Waals surface area contributed by atoms with Crippen LogP contribution in [0.25, 0.3) is 11.3 Å². The number of imidazole rings is 1. The number of nitrogens with zero attached hydrogens (tertiary/aromatic N) is 2. The van der Waals surface area contributed by atoms with Crippen LogP contribution in [0.4, 0.5) is 9.18 Å². The maximum absolute atomic E-state index is 14.7. The largest absolute Gasteiger partial charge is 0.388 e. The van der Waals surface area contributed by atoms with Crippen molar-refractivity contribution in [3.63, 3.8) is 0 Å². The van der Waals surface area contributed by atoms with Crippen LogP contribution < -0.4 is 10.6 Å². The van der Waals surface area contributed by atoms with Crippen LogP contribution in [-0.2, 0) is 0 Å². The van der Waals surface area contributed by atoms with E-state index >= 15 is 0 Å². The molecule has 2 amide bonds. The second-order valence-electron chi connectivity index (χ2n) is 8.46. The van der Waals surface area contributed by atoms with Crippen molar-refractivity contribution in [1.82, 2.24) is 20.2 Å². The molecule has 2 heterocycles. The Morgan fingerprint density at radius 1 is 1.40 bits per heavy atom. The summed E-state index contributed by atoms with van der Waals surface area (Å²) in [6.45, 7) is 0. The first-order valence-corrected chi connectivity index (χ1v) is 10.5. The first-order chi connectivity index (χ1) is 14.5. The topological polar surface area (TPSA) is 79.2 Å². The Hall–Kier alpha value is -2.89. The van der Waals surface area contributed by atoms with E-state index in [4.69, 9.17) is 0 Å². The van der Waals surface area contributed by atoms with Crippen LogP contribution >= 0.6 is 0 Å². The van der Waals surface area contributed by atoms with Crippen molar-refractivity contribution < 1.29 is 14.3 Å². The summed E-state index contributed by atoms with van der Waals surface area (Å²) < 4.78 is 16.6. The van der Waals surface area contributed by atoms with Crippen LogP contribution in [0.2, 0.25) is 0 Å². The number of carbonyl (C=O) groups excluding carboxylic acids is 1. The lowest BCUT2D eigenvalue weighted by atomic mass is 9.74. The minimum absolute atomic E-state index is 0.0476. The summed E-state index contributed by atoms with van der Waals surface area (Å²) in [6.07, 6.45) is 6.68. The molecule has 1 aromatic heterocycles. The number of hydrogen-bond donors (Lipinski definition) is 3. The number of amides is 2. The van der Waals surface area contributed by atoms with E-state index in [0.29, 0.717) is 17.9 Å². The number of fused-ring (bicyclic) bond motifs is 5. The third kappa shape index (κ3) is 3.15. The fraction of sp³-hybridized carbons (Fsp3) is 0.435. The highest BCUT2D eigenvalue weighted by Gasteiger charge is 2.36. The third-order valence-corrected chi connectivity index (χ3v) is 6.67. The van der Waals surface area contributed by atoms with Gasteiger partial charge in [0.1, 0.15) is 5.82 Å². The van der Waals surface area contributed by atoms with E-state index < -0.39 is 6.10 Å². The first kappa shape index (κ1) is 19.1. The molecule has 0 saturated heterocycles. The second-order valence-corrected chi connectivity index (χ2v) is 8.46. The van der Waals surface area contributed by atoms with Gasteiger partial charge in [-0.25, -0.2) is 14.2 Å². The molecule has 2 bridgehead atoms. The monoisotopic (exact) mass is 408 g/mol. The Labute approximate surface area is 174 Å². The van der Waals surface area contributed by atoms with E-state index in [2.05, 4.69) is 21.3 Å². The van der Waals surface area contributed by atoms with Gasteiger partial charge in [-0.2, -0.15) is 0 Å². The molecule has 1 fully saturated rings. The number of hydrogen-bond acceptors (Lipinski definition) is 3. The van der Waals surface area contributed by atoms with Crippen molar-refractivity contribution in [2.45, 2.75) is 50.3 Å². The molecule has 2 aliphatic carbocycles. The van der Waals surface area contributed by atoms with Crippen LogP contribution in [0.1, 0.15) is 43.7 Å². The highest BCUT2D eigenvalue weighted by Crippen LogP contribution is 2.44. The molecule has 1 aliphatic heterocycles. The van der Waals surface area contributed by atoms with Gasteiger partial charge in [0.15, 0.2) is 0 Å². The highest BCUT2D eigenvalue weighted by molar-refractivity contribution is 5.74. The predicted octanol–water partition coefficient (Wildman–Crippen LogP) is 3.30. The van der Waals surface area contributed by atoms with E-state index in [1.807, 2.05) is 10.6 Å². The van der Waals surface area contributed by atoms with Gasteiger partial charge in [0.25, 0.3) is 0 Å². The molecule has 1 saturated carbocycles. The number of urea groups is 1. The predicted molar refractivity (Wildman–Crippen MR) is 110 cm³/mol. The Morgan fingerprint density at radius 2 is 2.27 bits per heavy atom. The van der Waals surface area contributed by atoms with Gasteiger partial charge in [0.05, 0.1) is 36.4 Å². The van der Waals surface area contributed by atoms with E-state index in [-0.39, 0.29) is 23.9 Å². The van der Waals surface area contributed by atoms with Gasteiger partial charge in [-0.05, 0) is 43.2 Å². The van der Waals surface area contributed by atoms with Gasteiger partial charge >= 0.3 is 6.03 Å². The zero-order chi connectivity index (χ0) is 20.8. The summed E-state index contributed by atoms with van der Waals surface area (Å²) in [7, 11) is 1.60. The van der Waals surface area contributed by atoms with Gasteiger partial charge in [0, 0.05) is 30.2 Å². The lowest BCUT2D eigenvalue weighted by molar-refractivity contribution is 0.173. The van der Waals surface area contributed by atoms with Crippen LogP contribution in [0.3, 0.4) is 0 Å². The van der Waals surface area contributed by atoms with Crippen molar-refractivity contribution in [3.8, 4) is 11.3 Å². The molecule has 3 N–H and O–H groups in total. The molecule has 4 unspecified atom stereocenters. The van der Waals surface area contributed by atoms with E-state index in [1.54, 1.807) is 25.6 Å². The second kappa shape index (κ2) is 7.42. The normalized spacial score (nSPS) is 25.0. The molecule has 156 valence electrons. The zero-order valence-electron chi connectivity index (χ0n) is 16.9. The quantitative estimate of drug-likeness (QED) is 0.680. The van der Waals surface area contributed by atoms with Gasteiger partial charge in [0.2, 0.25) is 0 Å². The lowest BCUT2D eigenvalue weighted by Crippen LogP contribution is -2.44. The lowest BCUT2D eigenvalue weighted by Gasteiger charge is -2.35. The molecule has 3 aliphatic rings. The highest BCUT2D eigenvalue weighted by atomic mass is 19.1. The molecule has 6 nitrogen and oxygen atoms in total. The van der Waals surface area contributed by atoms with Crippen molar-refractivity contribution in [2.75, 3.05) is 7.05 Å². The van der Waals surface area contributed by atoms with Crippen molar-refractivity contribution in [2.24, 2.45) is 5.92 Å². The molecule has 4 atom stereocenters. The van der Waals surface area contributed by atoms with Gasteiger partial charge in [-0.15, -0.1) is 5.73 Å². The molecule has 30 heavy (non-hydrogen) atoms. The summed E-state index contributed by atoms with van der Waals surface area (Å²) in [5.74, 6) is 0.209. The summed E-state index contributed by atoms with van der Waals surface area (Å²) in [5, 5.41) is 16.7. The molecule has 1 aromatic carbocycles. The number of aliphatic hydroxyl groups is 1. The molecule has 0 spiro atoms. The van der Waals surface area contributed by atoms with Crippen LogP contribution in [0.15, 0.2) is 47.6 Å². The van der Waals surface area contributed by atoms with Gasteiger partial charge in [-0.1, -0.05) is 12.1 Å². The number of carbonyl (C=O) groups is 1. The number of aliphatic hydroxyl groups excluding tert-OH is 1. The fourth-order valence-corrected chi connectivity index (χ4v) is 5.21. The Morgan fingerprint density at radius 3 is 3.10 bits per heavy atom. The minimum Gasteiger partial charge on any atom is -0.388 e. The average Bonchev–Trinajstić information content (AvgIpc) is 3.33. The van der Waals surface area contributed by atoms with Crippen LogP contribution in [0, 0.1) is 11.7 Å². The number of rotatable bonds is 4. The van der Waals surface area contributed by atoms with E-state index in [9.17, 15) is 14.3 Å². The van der Waals surface area contributed by atoms with Crippen molar-refractivity contribution in [3.05, 3.63) is 59.0 Å². The number of nitrogens with one attached hydrogen (secondary N) is 2. The minimum atomic E-state index is -0.729. The van der Waals surface area contributed by atoms with Crippen molar-refractivity contribution >= 4 is 6.03 Å². The Balaban J connectivity index is 1.44. The number of halogens is 1. The van der Waals surface area contributed by atoms with Crippen molar-refractivity contribution in [1.29, 1.82) is 0 Å². The fourth-order valence-electron chi connectivity index (χ4n) is 5.21. The maximum Gasteiger partial charge on any atom is 0.315 e. The van der Waals surface area contributed by atoms with Gasteiger partial charge < -0.3 is 20.3 Å². The summed E-state index contributed by atoms with van der Waals surface area (Å²) in [4.78, 5) is 16.0. The van der Waals surface area contributed by atoms with Gasteiger partial charge in [-0.3, -0.25) is 0 Å². The SMILES string of the molecule is CNC(=O)NC1CCC2CC(C(O)CC3c4c(F)cccc4-c4cncn43)=C=C1C2. The number of aromatic nitrogens is 2. The molecule has 0 radical (unpaired) electrons. The first-order valence-electron chi connectivity index (χ1n) is 10.5. The molecule has 5 rings (SSSR count). The van der Waals surface area contributed by atoms with E-state index in [0.717, 1.165) is 48.1 Å². The standard InChI is InChI=1S/C23H25FN4O2/c1-25-23(30)27-18-6-5-13-7-14(18)9-15(8-13)21(29)10-19-22-16(3-2-4-17(22)24)20-11-26-12-28(19)20/h2-4,11-13,18-19,21,29H,5-8,10H2,1H3,(H2,25,27,30). The summed E-state index contributed by atoms with van der Waals surface area (Å²) in [5.41, 5.74) is 7.67. The van der Waals surface area contributed by atoms with E-state index in [1.165, 1.54) is 6.07 Å². The molecule has 7 heteroatoms. The summed E-state index contributed by atoms with van der Waals surface area (Å²) >= 11 is 0. The molecular formula is C23H25FN4O2. The summed E-state index contributed by atoms with van der Waals surface area (Å²) in [6, 6.07) is 4.53. The van der Waals surface area contributed by atoms with Crippen LogP contribution in [0.5, 0.6) is 0 Å². The number of benzene rings is 1. The smallest absolute Gasteiger partial charge is 0.315 e. The Kier molecular flexibility index (Phi) is 4.72. The maximum atomic E-state index is 14.7. The third-order valence-electron chi connectivity index (χ3n) is 6.67. The molecular weight excluding hydrogens is 383 g/mol. The average molecular weight is 408 g/mol. The molecule has 2 aromatic rings. The Bertz CT molecular complexity index is 1070. The van der Waals surface area contributed by atoms with Crippen LogP contribution in [-0.4, -0.2) is 39.9 Å². The zero-order valence-corrected chi connectivity index (χ0v) is 16.9.